The summed E-state index contributed by atoms with van der Waals surface area (Å²) in [6.07, 6.45) is 3.31. The third-order valence-electron chi connectivity index (χ3n) is 4.67. The molecule has 5 heteroatoms. The predicted octanol–water partition coefficient (Wildman–Crippen LogP) is 2.43. The molecule has 0 spiro atoms. The summed E-state index contributed by atoms with van der Waals surface area (Å²) in [5, 5.41) is 12.7. The summed E-state index contributed by atoms with van der Waals surface area (Å²) < 4.78 is 5.81. The van der Waals surface area contributed by atoms with Crippen LogP contribution in [0.15, 0.2) is 36.4 Å². The normalized spacial score (nSPS) is 15.2. The van der Waals surface area contributed by atoms with Gasteiger partial charge in [0.1, 0.15) is 5.75 Å². The molecule has 1 aliphatic rings. The second-order valence-electron chi connectivity index (χ2n) is 6.12. The largest absolute Gasteiger partial charge is 0.483 e. The highest BCUT2D eigenvalue weighted by Crippen LogP contribution is 2.28. The zero-order chi connectivity index (χ0) is 16.9. The topological polar surface area (TPSA) is 65.4 Å². The summed E-state index contributed by atoms with van der Waals surface area (Å²) in [5.41, 5.74) is 0.844. The van der Waals surface area contributed by atoms with Crippen molar-refractivity contribution in [3.63, 3.8) is 0 Å². The van der Waals surface area contributed by atoms with Crippen LogP contribution in [-0.4, -0.2) is 49.8 Å². The lowest BCUT2D eigenvalue weighted by molar-refractivity contribution is -0.134. The van der Waals surface area contributed by atoms with Crippen molar-refractivity contribution in [3.8, 4) is 5.75 Å². The maximum Gasteiger partial charge on any atom is 0.260 e. The number of benzene rings is 2. The van der Waals surface area contributed by atoms with Crippen LogP contribution in [-0.2, 0) is 4.79 Å². The van der Waals surface area contributed by atoms with Gasteiger partial charge in [0.15, 0.2) is 6.61 Å². The SMILES string of the molecule is CN(C(=O)COc1ccc(C=N)c2ccccc12)C1CCNCC1. The molecule has 1 heterocycles. The summed E-state index contributed by atoms with van der Waals surface area (Å²) >= 11 is 0. The lowest BCUT2D eigenvalue weighted by Gasteiger charge is -2.31. The Morgan fingerprint density at radius 1 is 1.25 bits per heavy atom. The molecule has 1 aliphatic heterocycles. The standard InChI is InChI=1S/C19H23N3O2/c1-22(15-8-10-21-11-9-15)19(23)13-24-18-7-6-14(12-20)16-4-2-3-5-17(16)18/h2-7,12,15,20-21H,8-11,13H2,1H3. The highest BCUT2D eigenvalue weighted by Gasteiger charge is 2.22. The molecule has 1 saturated heterocycles. The van der Waals surface area contributed by atoms with Crippen LogP contribution in [0.1, 0.15) is 18.4 Å². The van der Waals surface area contributed by atoms with Gasteiger partial charge in [0.2, 0.25) is 0 Å². The number of likely N-dealkylation sites (N-methyl/N-ethyl adjacent to an activating group) is 1. The number of fused-ring (bicyclic) bond motifs is 1. The van der Waals surface area contributed by atoms with Crippen LogP contribution in [0.25, 0.3) is 10.8 Å². The molecule has 0 saturated carbocycles. The Kier molecular flexibility index (Phi) is 5.11. The average molecular weight is 325 g/mol. The first-order chi connectivity index (χ1) is 11.7. The third kappa shape index (κ3) is 3.41. The van der Waals surface area contributed by atoms with Gasteiger partial charge >= 0.3 is 0 Å². The Morgan fingerprint density at radius 3 is 2.67 bits per heavy atom. The van der Waals surface area contributed by atoms with Crippen LogP contribution in [0.2, 0.25) is 0 Å². The van der Waals surface area contributed by atoms with Gasteiger partial charge in [-0.05, 0) is 43.5 Å². The van der Waals surface area contributed by atoms with Crippen molar-refractivity contribution in [2.75, 3.05) is 26.7 Å². The number of carbonyl (C=O) groups is 1. The zero-order valence-electron chi connectivity index (χ0n) is 13.9. The summed E-state index contributed by atoms with van der Waals surface area (Å²) in [5.74, 6) is 0.686. The Hall–Kier alpha value is -2.40. The van der Waals surface area contributed by atoms with Crippen molar-refractivity contribution in [2.45, 2.75) is 18.9 Å². The van der Waals surface area contributed by atoms with E-state index >= 15 is 0 Å². The highest BCUT2D eigenvalue weighted by molar-refractivity contribution is 6.01. The van der Waals surface area contributed by atoms with Crippen molar-refractivity contribution >= 4 is 22.9 Å². The molecule has 0 radical (unpaired) electrons. The van der Waals surface area contributed by atoms with Gasteiger partial charge in [0, 0.05) is 30.3 Å². The average Bonchev–Trinajstić information content (AvgIpc) is 2.65. The molecule has 3 rings (SSSR count). The summed E-state index contributed by atoms with van der Waals surface area (Å²) in [7, 11) is 1.86. The summed E-state index contributed by atoms with van der Waals surface area (Å²) in [4.78, 5) is 14.2. The first kappa shape index (κ1) is 16.5. The van der Waals surface area contributed by atoms with E-state index in [4.69, 9.17) is 10.1 Å². The van der Waals surface area contributed by atoms with E-state index in [2.05, 4.69) is 5.32 Å². The minimum Gasteiger partial charge on any atom is -0.483 e. The monoisotopic (exact) mass is 325 g/mol. The van der Waals surface area contributed by atoms with Crippen molar-refractivity contribution in [2.24, 2.45) is 0 Å². The van der Waals surface area contributed by atoms with Gasteiger partial charge in [0.05, 0.1) is 0 Å². The van der Waals surface area contributed by atoms with E-state index in [0.29, 0.717) is 11.8 Å². The van der Waals surface area contributed by atoms with E-state index in [1.54, 1.807) is 0 Å². The Balaban J connectivity index is 1.71. The fraction of sp³-hybridized carbons (Fsp3) is 0.368. The zero-order valence-corrected chi connectivity index (χ0v) is 13.9. The molecule has 2 N–H and O–H groups in total. The fourth-order valence-corrected chi connectivity index (χ4v) is 3.19. The molecule has 0 aromatic heterocycles. The van der Waals surface area contributed by atoms with E-state index in [0.717, 1.165) is 42.3 Å². The number of hydrogen-bond donors (Lipinski definition) is 2. The second kappa shape index (κ2) is 7.45. The Labute approximate surface area is 142 Å². The van der Waals surface area contributed by atoms with Gasteiger partial charge < -0.3 is 20.4 Å². The first-order valence-electron chi connectivity index (χ1n) is 8.32. The second-order valence-corrected chi connectivity index (χ2v) is 6.12. The fourth-order valence-electron chi connectivity index (χ4n) is 3.19. The van der Waals surface area contributed by atoms with Gasteiger partial charge in [-0.2, -0.15) is 0 Å². The maximum atomic E-state index is 12.4. The summed E-state index contributed by atoms with van der Waals surface area (Å²) in [6, 6.07) is 11.8. The smallest absolute Gasteiger partial charge is 0.260 e. The minimum absolute atomic E-state index is 0.00196. The number of rotatable bonds is 5. The third-order valence-corrected chi connectivity index (χ3v) is 4.67. The van der Waals surface area contributed by atoms with E-state index in [9.17, 15) is 4.79 Å². The molecule has 1 fully saturated rings. The molecule has 24 heavy (non-hydrogen) atoms. The Bertz CT molecular complexity index is 738. The molecule has 0 atom stereocenters. The number of nitrogens with zero attached hydrogens (tertiary/aromatic N) is 1. The number of ether oxygens (including phenoxy) is 1. The molecule has 0 bridgehead atoms. The van der Waals surface area contributed by atoms with Gasteiger partial charge in [-0.1, -0.05) is 24.3 Å². The van der Waals surface area contributed by atoms with Crippen LogP contribution >= 0.6 is 0 Å². The van der Waals surface area contributed by atoms with E-state index in [1.165, 1.54) is 6.21 Å². The minimum atomic E-state index is 0.00196. The molecular formula is C19H23N3O2. The predicted molar refractivity (Wildman–Crippen MR) is 96.0 cm³/mol. The number of nitrogens with one attached hydrogen (secondary N) is 2. The lowest BCUT2D eigenvalue weighted by atomic mass is 10.0. The number of carbonyl (C=O) groups excluding carboxylic acids is 1. The number of piperidine rings is 1. The van der Waals surface area contributed by atoms with Gasteiger partial charge in [-0.3, -0.25) is 4.79 Å². The van der Waals surface area contributed by atoms with Gasteiger partial charge in [-0.15, -0.1) is 0 Å². The van der Waals surface area contributed by atoms with Crippen molar-refractivity contribution in [3.05, 3.63) is 42.0 Å². The van der Waals surface area contributed by atoms with E-state index < -0.39 is 0 Å². The van der Waals surface area contributed by atoms with Gasteiger partial charge in [-0.25, -0.2) is 0 Å². The molecule has 5 nitrogen and oxygen atoms in total. The molecule has 0 aliphatic carbocycles. The number of amides is 1. The van der Waals surface area contributed by atoms with Gasteiger partial charge in [0.25, 0.3) is 5.91 Å². The van der Waals surface area contributed by atoms with Crippen LogP contribution in [0, 0.1) is 5.41 Å². The molecule has 2 aromatic carbocycles. The molecular weight excluding hydrogens is 302 g/mol. The molecule has 0 unspecified atom stereocenters. The molecule has 2 aromatic rings. The number of hydrogen-bond acceptors (Lipinski definition) is 4. The van der Waals surface area contributed by atoms with Crippen LogP contribution in [0.5, 0.6) is 5.75 Å². The Morgan fingerprint density at radius 2 is 1.96 bits per heavy atom. The molecule has 1 amide bonds. The van der Waals surface area contributed by atoms with Crippen LogP contribution in [0.3, 0.4) is 0 Å². The first-order valence-corrected chi connectivity index (χ1v) is 8.32. The summed E-state index contributed by atoms with van der Waals surface area (Å²) in [6.45, 7) is 1.95. The maximum absolute atomic E-state index is 12.4. The van der Waals surface area contributed by atoms with Crippen LogP contribution < -0.4 is 10.1 Å². The highest BCUT2D eigenvalue weighted by atomic mass is 16.5. The van der Waals surface area contributed by atoms with Crippen molar-refractivity contribution in [1.29, 1.82) is 5.41 Å². The van der Waals surface area contributed by atoms with E-state index in [-0.39, 0.29) is 12.5 Å². The quantitative estimate of drug-likeness (QED) is 0.830. The lowest BCUT2D eigenvalue weighted by Crippen LogP contribution is -2.45. The van der Waals surface area contributed by atoms with E-state index in [1.807, 2.05) is 48.3 Å². The van der Waals surface area contributed by atoms with Crippen molar-refractivity contribution < 1.29 is 9.53 Å². The van der Waals surface area contributed by atoms with Crippen molar-refractivity contribution in [1.82, 2.24) is 10.2 Å². The molecule has 126 valence electrons. The van der Waals surface area contributed by atoms with Crippen LogP contribution in [0.4, 0.5) is 0 Å².